The van der Waals surface area contributed by atoms with E-state index < -0.39 is 0 Å². The molecule has 0 bridgehead atoms. The summed E-state index contributed by atoms with van der Waals surface area (Å²) in [7, 11) is 0. The van der Waals surface area contributed by atoms with Crippen LogP contribution in [0.5, 0.6) is 5.75 Å². The van der Waals surface area contributed by atoms with Crippen molar-refractivity contribution in [2.45, 2.75) is 96.6 Å². The fourth-order valence-corrected chi connectivity index (χ4v) is 6.18. The molecule has 0 saturated heterocycles. The van der Waals surface area contributed by atoms with Gasteiger partial charge in [0.15, 0.2) is 0 Å². The summed E-state index contributed by atoms with van der Waals surface area (Å²) in [4.78, 5) is 35.8. The molecule has 2 aliphatic rings. The molecule has 4 rings (SSSR count). The predicted octanol–water partition coefficient (Wildman–Crippen LogP) is 6.03. The van der Waals surface area contributed by atoms with Crippen LogP contribution in [0.1, 0.15) is 92.2 Å². The molecule has 2 atom stereocenters. The number of carbonyl (C=O) groups is 2. The van der Waals surface area contributed by atoms with Gasteiger partial charge >= 0.3 is 0 Å². The lowest BCUT2D eigenvalue weighted by Gasteiger charge is -2.40. The Balaban J connectivity index is 1.62. The first kappa shape index (κ1) is 26.6. The van der Waals surface area contributed by atoms with Crippen molar-refractivity contribution in [3.05, 3.63) is 45.9 Å². The Hall–Kier alpha value is -2.41. The number of thiazole rings is 1. The number of aryl methyl sites for hydroxylation is 1. The topological polar surface area (TPSA) is 62.7 Å². The van der Waals surface area contributed by atoms with Crippen LogP contribution in [-0.2, 0) is 11.2 Å². The van der Waals surface area contributed by atoms with Gasteiger partial charge in [0.2, 0.25) is 5.91 Å². The van der Waals surface area contributed by atoms with E-state index in [1.165, 1.54) is 0 Å². The lowest BCUT2D eigenvalue weighted by Crippen LogP contribution is -2.51. The number of rotatable bonds is 4. The van der Waals surface area contributed by atoms with Gasteiger partial charge in [-0.3, -0.25) is 9.59 Å². The second-order valence-electron chi connectivity index (χ2n) is 10.2. The van der Waals surface area contributed by atoms with E-state index in [4.69, 9.17) is 4.74 Å². The first-order valence-corrected chi connectivity index (χ1v) is 14.7. The van der Waals surface area contributed by atoms with Crippen LogP contribution in [0.15, 0.2) is 29.6 Å². The smallest absolute Gasteiger partial charge is 0.257 e. The van der Waals surface area contributed by atoms with E-state index in [-0.39, 0.29) is 24.0 Å². The highest BCUT2D eigenvalue weighted by molar-refractivity contribution is 7.09. The third kappa shape index (κ3) is 6.87. The minimum atomic E-state index is -0.112. The Morgan fingerprint density at radius 1 is 1.06 bits per heavy atom. The molecule has 1 aliphatic heterocycles. The molecule has 196 valence electrons. The summed E-state index contributed by atoms with van der Waals surface area (Å²) in [5.74, 6) is 0.850. The molecule has 1 aliphatic carbocycles. The number of hydrogen-bond acceptors (Lipinski definition) is 5. The number of amides is 2. The van der Waals surface area contributed by atoms with Crippen LogP contribution in [-0.4, -0.2) is 58.4 Å². The van der Waals surface area contributed by atoms with Gasteiger partial charge in [-0.25, -0.2) is 4.98 Å². The molecule has 36 heavy (non-hydrogen) atoms. The first-order valence-electron chi connectivity index (χ1n) is 13.8. The fraction of sp³-hybridized carbons (Fsp3) is 0.621. The lowest BCUT2D eigenvalue weighted by atomic mass is 9.90. The van der Waals surface area contributed by atoms with Gasteiger partial charge in [-0.05, 0) is 57.6 Å². The quantitative estimate of drug-likeness (QED) is 0.503. The molecule has 0 unspecified atom stereocenters. The number of nitrogens with zero attached hydrogens (tertiary/aromatic N) is 3. The molecule has 2 aromatic rings. The van der Waals surface area contributed by atoms with E-state index in [9.17, 15) is 9.59 Å². The van der Waals surface area contributed by atoms with Crippen molar-refractivity contribution in [1.82, 2.24) is 14.8 Å². The van der Waals surface area contributed by atoms with Gasteiger partial charge in [0.05, 0.1) is 28.7 Å². The summed E-state index contributed by atoms with van der Waals surface area (Å²) in [5, 5.41) is 2.99. The van der Waals surface area contributed by atoms with Gasteiger partial charge < -0.3 is 14.5 Å². The molecular weight excluding hydrogens is 470 g/mol. The van der Waals surface area contributed by atoms with Crippen LogP contribution in [0.4, 0.5) is 0 Å². The molecule has 0 radical (unpaired) electrons. The first-order chi connectivity index (χ1) is 17.6. The fourth-order valence-electron chi connectivity index (χ4n) is 5.57. The number of carbonyl (C=O) groups excluding carboxylic acids is 2. The van der Waals surface area contributed by atoms with Gasteiger partial charge in [-0.2, -0.15) is 0 Å². The molecule has 6 nitrogen and oxygen atoms in total. The molecular formula is C29H41N3O3S. The maximum Gasteiger partial charge on any atom is 0.257 e. The Kier molecular flexibility index (Phi) is 9.79. The van der Waals surface area contributed by atoms with E-state index in [0.717, 1.165) is 94.5 Å². The van der Waals surface area contributed by atoms with Crippen molar-refractivity contribution in [2.24, 2.45) is 0 Å². The zero-order chi connectivity index (χ0) is 25.3. The molecule has 0 spiro atoms. The predicted molar refractivity (Wildman–Crippen MR) is 145 cm³/mol. The minimum Gasteiger partial charge on any atom is -0.487 e. The van der Waals surface area contributed by atoms with Crippen LogP contribution in [0.25, 0.3) is 0 Å². The zero-order valence-corrected chi connectivity index (χ0v) is 22.7. The van der Waals surface area contributed by atoms with E-state index in [1.54, 1.807) is 11.3 Å². The minimum absolute atomic E-state index is 0.0195. The number of ether oxygens (including phenoxy) is 1. The molecule has 1 saturated carbocycles. The Bertz CT molecular complexity index is 1010. The number of hydrogen-bond donors (Lipinski definition) is 0. The van der Waals surface area contributed by atoms with Gasteiger partial charge in [-0.15, -0.1) is 11.3 Å². The van der Waals surface area contributed by atoms with Crippen LogP contribution in [0.2, 0.25) is 0 Å². The number of benzene rings is 1. The zero-order valence-electron chi connectivity index (χ0n) is 21.9. The molecule has 2 amide bonds. The SMILES string of the molecule is CCCN1CCCCCCCN(C(=O)Cc2csc(C)n2)[C@@H]2CCCC[C@@H]2Oc2ccccc2C1=O. The van der Waals surface area contributed by atoms with Gasteiger partial charge in [0.25, 0.3) is 5.91 Å². The number of aromatic nitrogens is 1. The molecule has 7 heteroatoms. The molecule has 1 aromatic heterocycles. The van der Waals surface area contributed by atoms with Crippen molar-refractivity contribution in [3.63, 3.8) is 0 Å². The van der Waals surface area contributed by atoms with Crippen LogP contribution in [0.3, 0.4) is 0 Å². The van der Waals surface area contributed by atoms with Crippen molar-refractivity contribution < 1.29 is 14.3 Å². The van der Waals surface area contributed by atoms with Crippen LogP contribution >= 0.6 is 11.3 Å². The van der Waals surface area contributed by atoms with Gasteiger partial charge in [-0.1, -0.05) is 44.7 Å². The maximum absolute atomic E-state index is 13.6. The largest absolute Gasteiger partial charge is 0.487 e. The normalized spacial score (nSPS) is 22.1. The standard InChI is InChI=1S/C29H41N3O3S/c1-3-17-31-18-11-5-4-6-12-19-32(28(33)20-23-21-36-22(2)30-23)25-14-8-10-16-27(25)35-26-15-9-7-13-24(26)29(31)34/h7,9,13,15,21,25,27H,3-6,8,10-12,14,16-20H2,1-2H3/t25-,27+/m1/s1. The van der Waals surface area contributed by atoms with Crippen LogP contribution in [0, 0.1) is 6.92 Å². The lowest BCUT2D eigenvalue weighted by molar-refractivity contribution is -0.136. The van der Waals surface area contributed by atoms with Gasteiger partial charge in [0.1, 0.15) is 11.9 Å². The second-order valence-corrected chi connectivity index (χ2v) is 11.2. The van der Waals surface area contributed by atoms with Crippen molar-refractivity contribution >= 4 is 23.2 Å². The van der Waals surface area contributed by atoms with Crippen molar-refractivity contribution in [3.8, 4) is 5.75 Å². The summed E-state index contributed by atoms with van der Waals surface area (Å²) < 4.78 is 6.65. The molecule has 1 fully saturated rings. The average Bonchev–Trinajstić information content (AvgIpc) is 3.29. The van der Waals surface area contributed by atoms with E-state index in [1.807, 2.05) is 41.5 Å². The Labute approximate surface area is 220 Å². The summed E-state index contributed by atoms with van der Waals surface area (Å²) in [5.41, 5.74) is 1.50. The highest BCUT2D eigenvalue weighted by atomic mass is 32.1. The molecule has 1 aromatic carbocycles. The third-order valence-corrected chi connectivity index (χ3v) is 8.21. The summed E-state index contributed by atoms with van der Waals surface area (Å²) in [6.45, 7) is 6.40. The molecule has 0 N–H and O–H groups in total. The maximum atomic E-state index is 13.6. The van der Waals surface area contributed by atoms with Crippen LogP contribution < -0.4 is 4.74 Å². The summed E-state index contributed by atoms with van der Waals surface area (Å²) in [6, 6.07) is 7.69. The highest BCUT2D eigenvalue weighted by Gasteiger charge is 2.35. The Morgan fingerprint density at radius 3 is 2.58 bits per heavy atom. The highest BCUT2D eigenvalue weighted by Crippen LogP contribution is 2.31. The average molecular weight is 512 g/mol. The Morgan fingerprint density at radius 2 is 1.81 bits per heavy atom. The number of fused-ring (bicyclic) bond motifs is 2. The summed E-state index contributed by atoms with van der Waals surface area (Å²) >= 11 is 1.59. The van der Waals surface area contributed by atoms with Gasteiger partial charge in [0, 0.05) is 25.0 Å². The van der Waals surface area contributed by atoms with E-state index in [2.05, 4.69) is 16.8 Å². The molecule has 2 heterocycles. The third-order valence-electron chi connectivity index (χ3n) is 7.39. The summed E-state index contributed by atoms with van der Waals surface area (Å²) in [6.07, 6.45) is 10.5. The van der Waals surface area contributed by atoms with Crippen molar-refractivity contribution in [1.29, 1.82) is 0 Å². The van der Waals surface area contributed by atoms with E-state index in [0.29, 0.717) is 17.7 Å². The second kappa shape index (κ2) is 13.2. The monoisotopic (exact) mass is 511 g/mol. The van der Waals surface area contributed by atoms with Crippen molar-refractivity contribution in [2.75, 3.05) is 19.6 Å². The van der Waals surface area contributed by atoms with E-state index >= 15 is 0 Å². The number of para-hydroxylation sites is 1.